The molecule has 2 aliphatic heterocycles. The smallest absolute Gasteiger partial charge is 0.250 e. The first-order valence-corrected chi connectivity index (χ1v) is 7.28. The zero-order valence-corrected chi connectivity index (χ0v) is 12.4. The van der Waals surface area contributed by atoms with E-state index in [4.69, 9.17) is 11.6 Å². The van der Waals surface area contributed by atoms with Gasteiger partial charge in [-0.25, -0.2) is 0 Å². The first-order valence-electron chi connectivity index (χ1n) is 6.90. The highest BCUT2D eigenvalue weighted by atomic mass is 35.5. The number of hydrogen-bond donors (Lipinski definition) is 0. The maximum absolute atomic E-state index is 12.7. The van der Waals surface area contributed by atoms with Crippen molar-refractivity contribution in [1.82, 2.24) is 4.90 Å². The lowest BCUT2D eigenvalue weighted by Gasteiger charge is -2.41. The monoisotopic (exact) mass is 292 g/mol. The van der Waals surface area contributed by atoms with Crippen molar-refractivity contribution in [2.45, 2.75) is 38.8 Å². The van der Waals surface area contributed by atoms with Crippen LogP contribution in [0.1, 0.15) is 25.3 Å². The molecule has 1 aromatic carbocycles. The average molecular weight is 293 g/mol. The lowest BCUT2D eigenvalue weighted by Crippen LogP contribution is -2.62. The minimum Gasteiger partial charge on any atom is -0.329 e. The quantitative estimate of drug-likeness (QED) is 0.797. The van der Waals surface area contributed by atoms with Gasteiger partial charge in [-0.1, -0.05) is 17.7 Å². The summed E-state index contributed by atoms with van der Waals surface area (Å²) in [6.07, 6.45) is 1.64. The molecule has 2 saturated heterocycles. The van der Waals surface area contributed by atoms with Crippen LogP contribution in [-0.4, -0.2) is 35.3 Å². The molecular formula is C15H17ClN2O2. The van der Waals surface area contributed by atoms with Crippen molar-refractivity contribution >= 4 is 29.1 Å². The van der Waals surface area contributed by atoms with Crippen LogP contribution in [0.2, 0.25) is 5.02 Å². The number of aryl methyl sites for hydroxylation is 1. The number of anilines is 1. The number of halogens is 1. The summed E-state index contributed by atoms with van der Waals surface area (Å²) in [5.41, 5.74) is 1.66. The predicted octanol–water partition coefficient (Wildman–Crippen LogP) is 2.37. The van der Waals surface area contributed by atoms with Crippen LogP contribution in [0.15, 0.2) is 18.2 Å². The molecule has 1 aromatic rings. The maximum atomic E-state index is 12.7. The van der Waals surface area contributed by atoms with Crippen molar-refractivity contribution in [1.29, 1.82) is 0 Å². The molecule has 5 heteroatoms. The predicted molar refractivity (Wildman–Crippen MR) is 77.9 cm³/mol. The Morgan fingerprint density at radius 2 is 2.00 bits per heavy atom. The second kappa shape index (κ2) is 4.77. The van der Waals surface area contributed by atoms with Gasteiger partial charge in [0.25, 0.3) is 5.91 Å². The lowest BCUT2D eigenvalue weighted by molar-refractivity contribution is -0.143. The van der Waals surface area contributed by atoms with E-state index in [1.807, 2.05) is 19.1 Å². The molecule has 2 heterocycles. The van der Waals surface area contributed by atoms with E-state index < -0.39 is 6.04 Å². The molecule has 2 amide bonds. The fraction of sp³-hybridized carbons (Fsp3) is 0.467. The molecular weight excluding hydrogens is 276 g/mol. The standard InChI is InChI=1S/C15H17ClN2O2/c1-9-5-6-11(16)13(8-9)18-10(2)14(19)17-7-3-4-12(17)15(18)20/h5-6,8,10,12H,3-4,7H2,1-2H3. The number of rotatable bonds is 1. The second-order valence-electron chi connectivity index (χ2n) is 5.53. The summed E-state index contributed by atoms with van der Waals surface area (Å²) in [5, 5.41) is 0.509. The van der Waals surface area contributed by atoms with Gasteiger partial charge in [-0.2, -0.15) is 0 Å². The Bertz CT molecular complexity index is 587. The fourth-order valence-electron chi connectivity index (χ4n) is 3.12. The average Bonchev–Trinajstić information content (AvgIpc) is 2.90. The van der Waals surface area contributed by atoms with E-state index in [9.17, 15) is 9.59 Å². The van der Waals surface area contributed by atoms with Crippen LogP contribution >= 0.6 is 11.6 Å². The molecule has 2 atom stereocenters. The topological polar surface area (TPSA) is 40.6 Å². The van der Waals surface area contributed by atoms with Crippen molar-refractivity contribution in [2.24, 2.45) is 0 Å². The molecule has 0 N–H and O–H groups in total. The number of carbonyl (C=O) groups excluding carboxylic acids is 2. The van der Waals surface area contributed by atoms with Gasteiger partial charge in [0, 0.05) is 6.54 Å². The first-order chi connectivity index (χ1) is 9.50. The SMILES string of the molecule is Cc1ccc(Cl)c(N2C(=O)C3CCCN3C(=O)C2C)c1. The van der Waals surface area contributed by atoms with Crippen LogP contribution < -0.4 is 4.90 Å². The molecule has 0 aromatic heterocycles. The van der Waals surface area contributed by atoms with E-state index in [0.717, 1.165) is 18.4 Å². The van der Waals surface area contributed by atoms with Gasteiger partial charge < -0.3 is 4.90 Å². The Hall–Kier alpha value is -1.55. The minimum absolute atomic E-state index is 0.0119. The Labute approximate surface area is 123 Å². The maximum Gasteiger partial charge on any atom is 0.250 e. The van der Waals surface area contributed by atoms with E-state index in [1.54, 1.807) is 22.8 Å². The third-order valence-corrected chi connectivity index (χ3v) is 4.48. The van der Waals surface area contributed by atoms with Crippen LogP contribution in [-0.2, 0) is 9.59 Å². The van der Waals surface area contributed by atoms with E-state index in [0.29, 0.717) is 17.3 Å². The molecule has 0 aliphatic carbocycles. The zero-order chi connectivity index (χ0) is 14.4. The van der Waals surface area contributed by atoms with Crippen molar-refractivity contribution < 1.29 is 9.59 Å². The number of hydrogen-bond acceptors (Lipinski definition) is 2. The normalized spacial score (nSPS) is 26.1. The zero-order valence-electron chi connectivity index (χ0n) is 11.6. The largest absolute Gasteiger partial charge is 0.329 e. The van der Waals surface area contributed by atoms with Crippen LogP contribution in [0.5, 0.6) is 0 Å². The van der Waals surface area contributed by atoms with E-state index in [2.05, 4.69) is 0 Å². The van der Waals surface area contributed by atoms with Crippen molar-refractivity contribution in [3.8, 4) is 0 Å². The molecule has 3 rings (SSSR count). The summed E-state index contributed by atoms with van der Waals surface area (Å²) < 4.78 is 0. The summed E-state index contributed by atoms with van der Waals surface area (Å²) in [4.78, 5) is 28.4. The number of carbonyl (C=O) groups is 2. The van der Waals surface area contributed by atoms with Gasteiger partial charge in [-0.3, -0.25) is 14.5 Å². The van der Waals surface area contributed by atoms with Crippen LogP contribution in [0.4, 0.5) is 5.69 Å². The van der Waals surface area contributed by atoms with Gasteiger partial charge in [-0.05, 0) is 44.4 Å². The van der Waals surface area contributed by atoms with Gasteiger partial charge in [0.05, 0.1) is 10.7 Å². The van der Waals surface area contributed by atoms with E-state index in [1.165, 1.54) is 0 Å². The van der Waals surface area contributed by atoms with Gasteiger partial charge in [0.15, 0.2) is 0 Å². The number of fused-ring (bicyclic) bond motifs is 1. The molecule has 0 bridgehead atoms. The number of benzene rings is 1. The highest BCUT2D eigenvalue weighted by molar-refractivity contribution is 6.34. The lowest BCUT2D eigenvalue weighted by atomic mass is 10.0. The molecule has 0 saturated carbocycles. The Morgan fingerprint density at radius 3 is 2.75 bits per heavy atom. The summed E-state index contributed by atoms with van der Waals surface area (Å²) in [5.74, 6) is 0.00627. The van der Waals surface area contributed by atoms with Crippen molar-refractivity contribution in [2.75, 3.05) is 11.4 Å². The Morgan fingerprint density at radius 1 is 1.25 bits per heavy atom. The summed E-state index contributed by atoms with van der Waals surface area (Å²) in [7, 11) is 0. The molecule has 0 radical (unpaired) electrons. The molecule has 4 nitrogen and oxygen atoms in total. The number of amides is 2. The van der Waals surface area contributed by atoms with Gasteiger partial charge in [0.1, 0.15) is 12.1 Å². The van der Waals surface area contributed by atoms with Gasteiger partial charge in [-0.15, -0.1) is 0 Å². The molecule has 2 aliphatic rings. The minimum atomic E-state index is -0.490. The third kappa shape index (κ3) is 1.90. The Balaban J connectivity index is 2.05. The molecule has 2 unspecified atom stereocenters. The molecule has 20 heavy (non-hydrogen) atoms. The van der Waals surface area contributed by atoms with E-state index in [-0.39, 0.29) is 17.9 Å². The third-order valence-electron chi connectivity index (χ3n) is 4.16. The molecule has 106 valence electrons. The van der Waals surface area contributed by atoms with E-state index >= 15 is 0 Å². The fourth-order valence-corrected chi connectivity index (χ4v) is 3.33. The summed E-state index contributed by atoms with van der Waals surface area (Å²) >= 11 is 6.23. The summed E-state index contributed by atoms with van der Waals surface area (Å²) in [6.45, 7) is 4.41. The molecule has 2 fully saturated rings. The van der Waals surface area contributed by atoms with Crippen molar-refractivity contribution in [3.63, 3.8) is 0 Å². The first kappa shape index (κ1) is 13.4. The number of nitrogens with zero attached hydrogens (tertiary/aromatic N) is 2. The second-order valence-corrected chi connectivity index (χ2v) is 5.94. The van der Waals surface area contributed by atoms with Crippen molar-refractivity contribution in [3.05, 3.63) is 28.8 Å². The molecule has 0 spiro atoms. The van der Waals surface area contributed by atoms with Crippen LogP contribution in [0.3, 0.4) is 0 Å². The van der Waals surface area contributed by atoms with Crippen LogP contribution in [0, 0.1) is 6.92 Å². The highest BCUT2D eigenvalue weighted by Gasteiger charge is 2.46. The van der Waals surface area contributed by atoms with Gasteiger partial charge in [0.2, 0.25) is 5.91 Å². The highest BCUT2D eigenvalue weighted by Crippen LogP contribution is 2.34. The summed E-state index contributed by atoms with van der Waals surface area (Å²) in [6, 6.07) is 4.74. The van der Waals surface area contributed by atoms with Crippen LogP contribution in [0.25, 0.3) is 0 Å². The Kier molecular flexibility index (Phi) is 3.21. The number of piperazine rings is 1. The van der Waals surface area contributed by atoms with Gasteiger partial charge >= 0.3 is 0 Å².